The van der Waals surface area contributed by atoms with Crippen LogP contribution in [-0.2, 0) is 9.59 Å². The standard InChI is InChI=1S/C20H24FN5O2/c1-13-4-3-5-17(14(13)2)25-19(28)18(27)22-10-15-6-8-26(9-7-15)20-23-11-16(21)12-24-20/h3-5,11-12,15H,6-10H2,1-2H3,(H,22,27)(H,25,28). The van der Waals surface area contributed by atoms with Gasteiger partial charge in [-0.2, -0.15) is 0 Å². The van der Waals surface area contributed by atoms with Crippen LogP contribution in [0, 0.1) is 25.6 Å². The second-order valence-electron chi connectivity index (χ2n) is 7.04. The lowest BCUT2D eigenvalue weighted by Gasteiger charge is -2.31. The number of anilines is 2. The molecule has 1 aliphatic rings. The van der Waals surface area contributed by atoms with Crippen molar-refractivity contribution in [2.45, 2.75) is 26.7 Å². The van der Waals surface area contributed by atoms with Crippen LogP contribution in [0.1, 0.15) is 24.0 Å². The molecule has 0 atom stereocenters. The normalized spacial score (nSPS) is 14.6. The molecule has 2 aromatic rings. The number of aryl methyl sites for hydroxylation is 1. The van der Waals surface area contributed by atoms with Crippen molar-refractivity contribution in [2.75, 3.05) is 29.9 Å². The number of aromatic nitrogens is 2. The molecule has 2 heterocycles. The Morgan fingerprint density at radius 1 is 1.14 bits per heavy atom. The highest BCUT2D eigenvalue weighted by molar-refractivity contribution is 6.39. The van der Waals surface area contributed by atoms with E-state index in [9.17, 15) is 14.0 Å². The molecule has 8 heteroatoms. The summed E-state index contributed by atoms with van der Waals surface area (Å²) in [5.41, 5.74) is 2.64. The number of benzene rings is 1. The van der Waals surface area contributed by atoms with Crippen molar-refractivity contribution in [3.8, 4) is 0 Å². The topological polar surface area (TPSA) is 87.2 Å². The van der Waals surface area contributed by atoms with Crippen LogP contribution in [0.4, 0.5) is 16.0 Å². The first-order valence-corrected chi connectivity index (χ1v) is 9.32. The summed E-state index contributed by atoms with van der Waals surface area (Å²) >= 11 is 0. The molecule has 1 fully saturated rings. The molecule has 0 spiro atoms. The van der Waals surface area contributed by atoms with Crippen molar-refractivity contribution >= 4 is 23.5 Å². The van der Waals surface area contributed by atoms with Gasteiger partial charge in [0.25, 0.3) is 0 Å². The molecule has 1 aromatic carbocycles. The highest BCUT2D eigenvalue weighted by Gasteiger charge is 2.23. The molecule has 0 unspecified atom stereocenters. The van der Waals surface area contributed by atoms with Crippen molar-refractivity contribution < 1.29 is 14.0 Å². The Morgan fingerprint density at radius 2 is 1.82 bits per heavy atom. The van der Waals surface area contributed by atoms with Crippen LogP contribution >= 0.6 is 0 Å². The third-order valence-corrected chi connectivity index (χ3v) is 5.11. The van der Waals surface area contributed by atoms with E-state index in [2.05, 4.69) is 20.6 Å². The zero-order valence-electron chi connectivity index (χ0n) is 16.0. The number of hydrogen-bond acceptors (Lipinski definition) is 5. The van der Waals surface area contributed by atoms with Crippen molar-refractivity contribution in [2.24, 2.45) is 5.92 Å². The molecule has 3 rings (SSSR count). The van der Waals surface area contributed by atoms with Gasteiger partial charge in [0.15, 0.2) is 5.82 Å². The monoisotopic (exact) mass is 385 g/mol. The lowest BCUT2D eigenvalue weighted by Crippen LogP contribution is -2.42. The van der Waals surface area contributed by atoms with Gasteiger partial charge in [0.2, 0.25) is 5.95 Å². The maximum Gasteiger partial charge on any atom is 0.313 e. The number of rotatable bonds is 4. The van der Waals surface area contributed by atoms with Crippen molar-refractivity contribution in [1.29, 1.82) is 0 Å². The van der Waals surface area contributed by atoms with Crippen molar-refractivity contribution in [3.05, 3.63) is 47.5 Å². The zero-order chi connectivity index (χ0) is 20.1. The zero-order valence-corrected chi connectivity index (χ0v) is 16.0. The Labute approximate surface area is 163 Å². The van der Waals surface area contributed by atoms with Gasteiger partial charge in [-0.3, -0.25) is 9.59 Å². The SMILES string of the molecule is Cc1cccc(NC(=O)C(=O)NCC2CCN(c3ncc(F)cn3)CC2)c1C. The number of carbonyl (C=O) groups excluding carboxylic acids is 2. The van der Waals surface area contributed by atoms with Crippen LogP contribution in [0.15, 0.2) is 30.6 Å². The number of piperidine rings is 1. The first-order valence-electron chi connectivity index (χ1n) is 9.32. The van der Waals surface area contributed by atoms with Crippen LogP contribution < -0.4 is 15.5 Å². The van der Waals surface area contributed by atoms with E-state index in [0.717, 1.165) is 49.5 Å². The first-order chi connectivity index (χ1) is 13.4. The number of carbonyl (C=O) groups is 2. The Morgan fingerprint density at radius 3 is 2.50 bits per heavy atom. The van der Waals surface area contributed by atoms with Gasteiger partial charge >= 0.3 is 11.8 Å². The Balaban J connectivity index is 1.44. The van der Waals surface area contributed by atoms with Gasteiger partial charge in [-0.25, -0.2) is 14.4 Å². The Hall–Kier alpha value is -3.03. The summed E-state index contributed by atoms with van der Waals surface area (Å²) in [5.74, 6) is -0.970. The van der Waals surface area contributed by atoms with E-state index < -0.39 is 17.6 Å². The molecule has 0 bridgehead atoms. The molecule has 0 radical (unpaired) electrons. The van der Waals surface area contributed by atoms with Gasteiger partial charge in [0.05, 0.1) is 12.4 Å². The van der Waals surface area contributed by atoms with Crippen LogP contribution in [0.5, 0.6) is 0 Å². The molecule has 2 N–H and O–H groups in total. The summed E-state index contributed by atoms with van der Waals surface area (Å²) in [7, 11) is 0. The van der Waals surface area contributed by atoms with Crippen LogP contribution in [0.25, 0.3) is 0 Å². The molecule has 1 aliphatic heterocycles. The van der Waals surface area contributed by atoms with Gasteiger partial charge in [-0.05, 0) is 49.8 Å². The van der Waals surface area contributed by atoms with Gasteiger partial charge in [-0.15, -0.1) is 0 Å². The Bertz CT molecular complexity index is 848. The average Bonchev–Trinajstić information content (AvgIpc) is 2.70. The molecular formula is C20H24FN5O2. The summed E-state index contributed by atoms with van der Waals surface area (Å²) in [4.78, 5) is 34.2. The summed E-state index contributed by atoms with van der Waals surface area (Å²) in [6.07, 6.45) is 3.98. The van der Waals surface area contributed by atoms with E-state index in [4.69, 9.17) is 0 Å². The number of halogens is 1. The van der Waals surface area contributed by atoms with Crippen LogP contribution in [0.2, 0.25) is 0 Å². The van der Waals surface area contributed by atoms with Crippen LogP contribution in [0.3, 0.4) is 0 Å². The largest absolute Gasteiger partial charge is 0.348 e. The minimum Gasteiger partial charge on any atom is -0.348 e. The van der Waals surface area contributed by atoms with Gasteiger partial charge in [0.1, 0.15) is 0 Å². The summed E-state index contributed by atoms with van der Waals surface area (Å²) in [5, 5.41) is 5.38. The fourth-order valence-electron chi connectivity index (χ4n) is 3.19. The quantitative estimate of drug-likeness (QED) is 0.788. The van der Waals surface area contributed by atoms with E-state index in [0.29, 0.717) is 18.2 Å². The molecule has 0 aliphatic carbocycles. The minimum atomic E-state index is -0.661. The highest BCUT2D eigenvalue weighted by Crippen LogP contribution is 2.20. The third kappa shape index (κ3) is 4.82. The highest BCUT2D eigenvalue weighted by atomic mass is 19.1. The van der Waals surface area contributed by atoms with E-state index in [1.807, 2.05) is 30.9 Å². The predicted octanol–water partition coefficient (Wildman–Crippen LogP) is 2.20. The van der Waals surface area contributed by atoms with E-state index in [1.165, 1.54) is 0 Å². The number of nitrogens with zero attached hydrogens (tertiary/aromatic N) is 3. The molecule has 7 nitrogen and oxygen atoms in total. The van der Waals surface area contributed by atoms with Gasteiger partial charge < -0.3 is 15.5 Å². The van der Waals surface area contributed by atoms with E-state index in [1.54, 1.807) is 6.07 Å². The maximum absolute atomic E-state index is 12.9. The smallest absolute Gasteiger partial charge is 0.313 e. The molecule has 1 saturated heterocycles. The average molecular weight is 385 g/mol. The molecule has 0 saturated carbocycles. The predicted molar refractivity (Wildman–Crippen MR) is 104 cm³/mol. The van der Waals surface area contributed by atoms with Crippen molar-refractivity contribution in [1.82, 2.24) is 15.3 Å². The second kappa shape index (κ2) is 8.77. The lowest BCUT2D eigenvalue weighted by molar-refractivity contribution is -0.136. The first kappa shape index (κ1) is 19.7. The lowest BCUT2D eigenvalue weighted by atomic mass is 9.97. The third-order valence-electron chi connectivity index (χ3n) is 5.11. The van der Waals surface area contributed by atoms with Gasteiger partial charge in [0, 0.05) is 25.3 Å². The number of amides is 2. The fourth-order valence-corrected chi connectivity index (χ4v) is 3.19. The fraction of sp³-hybridized carbons (Fsp3) is 0.400. The minimum absolute atomic E-state index is 0.272. The molecule has 148 valence electrons. The molecule has 1 aromatic heterocycles. The molecule has 2 amide bonds. The van der Waals surface area contributed by atoms with Crippen molar-refractivity contribution in [3.63, 3.8) is 0 Å². The number of hydrogen-bond donors (Lipinski definition) is 2. The summed E-state index contributed by atoms with van der Waals surface area (Å²) in [6, 6.07) is 5.57. The van der Waals surface area contributed by atoms with Crippen LogP contribution in [-0.4, -0.2) is 41.4 Å². The van der Waals surface area contributed by atoms with E-state index in [-0.39, 0.29) is 5.92 Å². The Kier molecular flexibility index (Phi) is 6.18. The number of nitrogens with one attached hydrogen (secondary N) is 2. The summed E-state index contributed by atoms with van der Waals surface area (Å²) in [6.45, 7) is 5.74. The molecule has 28 heavy (non-hydrogen) atoms. The maximum atomic E-state index is 12.9. The van der Waals surface area contributed by atoms with E-state index >= 15 is 0 Å². The molecular weight excluding hydrogens is 361 g/mol. The summed E-state index contributed by atoms with van der Waals surface area (Å²) < 4.78 is 12.9. The van der Waals surface area contributed by atoms with Gasteiger partial charge in [-0.1, -0.05) is 12.1 Å². The second-order valence-corrected chi connectivity index (χ2v) is 7.04.